The quantitative estimate of drug-likeness (QED) is 0.316. The van der Waals surface area contributed by atoms with Gasteiger partial charge in [-0.3, -0.25) is 9.98 Å². The highest BCUT2D eigenvalue weighted by Gasteiger charge is 2.50. The van der Waals surface area contributed by atoms with E-state index in [-0.39, 0.29) is 24.6 Å². The number of hydrogen-bond donors (Lipinski definition) is 1. The molecule has 2 heterocycles. The van der Waals surface area contributed by atoms with E-state index in [2.05, 4.69) is 30.8 Å². The number of aliphatic hydroxyl groups is 1. The van der Waals surface area contributed by atoms with E-state index in [9.17, 15) is 9.50 Å². The summed E-state index contributed by atoms with van der Waals surface area (Å²) in [5.74, 6) is 1.18. The van der Waals surface area contributed by atoms with Crippen molar-refractivity contribution in [2.75, 3.05) is 20.1 Å². The Morgan fingerprint density at radius 1 is 1.44 bits per heavy atom. The molecule has 0 bridgehead atoms. The number of thioether (sulfide) groups is 1. The lowest BCUT2D eigenvalue weighted by molar-refractivity contribution is 0.0330. The number of allylic oxidation sites excluding steroid dienone is 4. The van der Waals surface area contributed by atoms with Crippen molar-refractivity contribution in [1.82, 2.24) is 4.90 Å². The van der Waals surface area contributed by atoms with Gasteiger partial charge in [-0.1, -0.05) is 38.5 Å². The Hall–Kier alpha value is -1.73. The third-order valence-corrected chi connectivity index (χ3v) is 7.45. The molecule has 2 aliphatic rings. The monoisotopic (exact) mass is 465 g/mol. The third-order valence-electron chi connectivity index (χ3n) is 6.05. The predicted molar refractivity (Wildman–Crippen MR) is 134 cm³/mol. The number of hydrogen-bond acceptors (Lipinski definition) is 5. The van der Waals surface area contributed by atoms with E-state index in [4.69, 9.17) is 4.99 Å². The first-order valence-electron chi connectivity index (χ1n) is 11.3. The van der Waals surface area contributed by atoms with E-state index in [1.165, 1.54) is 13.0 Å². The molecule has 32 heavy (non-hydrogen) atoms. The molecule has 5 unspecified atom stereocenters. The first kappa shape index (κ1) is 26.5. The van der Waals surface area contributed by atoms with Gasteiger partial charge in [-0.2, -0.15) is 0 Å². The largest absolute Gasteiger partial charge is 0.386 e. The van der Waals surface area contributed by atoms with E-state index in [0.29, 0.717) is 18.2 Å². The molecule has 5 atom stereocenters. The summed E-state index contributed by atoms with van der Waals surface area (Å²) in [6.07, 6.45) is 5.89. The van der Waals surface area contributed by atoms with Crippen LogP contribution in [-0.4, -0.2) is 64.9 Å². The van der Waals surface area contributed by atoms with Gasteiger partial charge in [-0.15, -0.1) is 18.3 Å². The lowest BCUT2D eigenvalue weighted by Gasteiger charge is -2.35. The molecule has 178 valence electrons. The topological polar surface area (TPSA) is 48.2 Å². The smallest absolute Gasteiger partial charge is 0.163 e. The van der Waals surface area contributed by atoms with E-state index in [0.717, 1.165) is 23.5 Å². The van der Waals surface area contributed by atoms with Gasteiger partial charge < -0.3 is 10.0 Å². The highest BCUT2D eigenvalue weighted by Crippen LogP contribution is 2.42. The molecular formula is C25H37F2N3OS. The summed E-state index contributed by atoms with van der Waals surface area (Å²) in [4.78, 5) is 11.2. The Morgan fingerprint density at radius 3 is 2.72 bits per heavy atom. The van der Waals surface area contributed by atoms with Gasteiger partial charge in [0.1, 0.15) is 18.1 Å². The van der Waals surface area contributed by atoms with Crippen molar-refractivity contribution in [3.05, 3.63) is 47.6 Å². The first-order valence-corrected chi connectivity index (χ1v) is 12.2. The average Bonchev–Trinajstić information content (AvgIpc) is 3.14. The normalized spacial score (nSPS) is 25.8. The predicted octanol–water partition coefficient (Wildman–Crippen LogP) is 5.67. The van der Waals surface area contributed by atoms with Gasteiger partial charge >= 0.3 is 0 Å². The van der Waals surface area contributed by atoms with E-state index >= 15 is 4.39 Å². The first-order chi connectivity index (χ1) is 15.2. The summed E-state index contributed by atoms with van der Waals surface area (Å²) < 4.78 is 29.2. The molecule has 4 nitrogen and oxygen atoms in total. The maximum Gasteiger partial charge on any atom is 0.163 e. The van der Waals surface area contributed by atoms with Crippen molar-refractivity contribution in [3.63, 3.8) is 0 Å². The molecular weight excluding hydrogens is 428 g/mol. The van der Waals surface area contributed by atoms with E-state index in [1.807, 2.05) is 17.9 Å². The van der Waals surface area contributed by atoms with Crippen molar-refractivity contribution in [3.8, 4) is 0 Å². The van der Waals surface area contributed by atoms with Gasteiger partial charge in [0.15, 0.2) is 5.67 Å². The third kappa shape index (κ3) is 5.98. The van der Waals surface area contributed by atoms with Crippen molar-refractivity contribution in [1.29, 1.82) is 0 Å². The number of aliphatic hydroxyl groups excluding tert-OH is 1. The molecule has 1 saturated heterocycles. The second kappa shape index (κ2) is 11.9. The summed E-state index contributed by atoms with van der Waals surface area (Å²) in [6, 6.07) is 0. The van der Waals surface area contributed by atoms with Crippen LogP contribution in [0.5, 0.6) is 0 Å². The van der Waals surface area contributed by atoms with E-state index in [1.54, 1.807) is 31.0 Å². The van der Waals surface area contributed by atoms with Crippen LogP contribution < -0.4 is 0 Å². The van der Waals surface area contributed by atoms with Crippen molar-refractivity contribution >= 4 is 23.3 Å². The molecule has 0 aliphatic carbocycles. The Balaban J connectivity index is 2.51. The molecule has 0 aromatic heterocycles. The van der Waals surface area contributed by atoms with Crippen LogP contribution >= 0.6 is 11.8 Å². The van der Waals surface area contributed by atoms with Crippen LogP contribution in [0.3, 0.4) is 0 Å². The second-order valence-corrected chi connectivity index (χ2v) is 9.57. The highest BCUT2D eigenvalue weighted by atomic mass is 32.2. The van der Waals surface area contributed by atoms with Crippen molar-refractivity contribution in [2.24, 2.45) is 15.9 Å². The van der Waals surface area contributed by atoms with Crippen LogP contribution in [0.25, 0.3) is 0 Å². The lowest BCUT2D eigenvalue weighted by atomic mass is 9.94. The van der Waals surface area contributed by atoms with Crippen LogP contribution in [0, 0.1) is 5.92 Å². The Kier molecular flexibility index (Phi) is 9.89. The minimum Gasteiger partial charge on any atom is -0.386 e. The van der Waals surface area contributed by atoms with Gasteiger partial charge in [0.2, 0.25) is 0 Å². The fourth-order valence-electron chi connectivity index (χ4n) is 4.00. The average molecular weight is 466 g/mol. The standard InChI is InChI=1S/C25H37F2N3OS/c1-7-13-32-23(17(4)8-2)24-29-15-19(20(28-6)12-10-11-18(5)26)21-14-25(27,16-30(21)24)22(31)9-3/h7,9-10,12-13,17-18,22-23,31H,3,8,11,14-16H2,1-2,4-6H3/b12-10-,13-7-,28-20+. The number of nitrogens with zero attached hydrogens (tertiary/aromatic N) is 3. The fourth-order valence-corrected chi connectivity index (χ4v) is 5.11. The van der Waals surface area contributed by atoms with Crippen LogP contribution in [0.4, 0.5) is 8.78 Å². The molecule has 2 rings (SSSR count). The Morgan fingerprint density at radius 2 is 2.16 bits per heavy atom. The second-order valence-electron chi connectivity index (χ2n) is 8.52. The molecule has 7 heteroatoms. The zero-order valence-electron chi connectivity index (χ0n) is 19.9. The van der Waals surface area contributed by atoms with Crippen LogP contribution in [0.2, 0.25) is 0 Å². The Bertz CT molecular complexity index is 818. The summed E-state index contributed by atoms with van der Waals surface area (Å²) in [5.41, 5.74) is 0.446. The van der Waals surface area contributed by atoms with E-state index < -0.39 is 17.9 Å². The number of halogens is 2. The van der Waals surface area contributed by atoms with Gasteiger partial charge in [0, 0.05) is 24.7 Å². The molecule has 0 saturated carbocycles. The molecule has 0 spiro atoms. The molecule has 0 aromatic carbocycles. The van der Waals surface area contributed by atoms with Gasteiger partial charge in [0.25, 0.3) is 0 Å². The van der Waals surface area contributed by atoms with Crippen molar-refractivity contribution < 1.29 is 13.9 Å². The fraction of sp³-hybridized carbons (Fsp3) is 0.600. The molecule has 1 fully saturated rings. The summed E-state index contributed by atoms with van der Waals surface area (Å²) in [5, 5.41) is 12.5. The maximum absolute atomic E-state index is 15.9. The number of rotatable bonds is 11. The lowest BCUT2D eigenvalue weighted by Crippen LogP contribution is -2.45. The molecule has 0 amide bonds. The van der Waals surface area contributed by atoms with Crippen LogP contribution in [0.1, 0.15) is 47.0 Å². The zero-order chi connectivity index (χ0) is 23.9. The molecule has 1 N–H and O–H groups in total. The molecule has 0 radical (unpaired) electrons. The number of amidine groups is 1. The molecule has 0 aromatic rings. The minimum atomic E-state index is -1.85. The highest BCUT2D eigenvalue weighted by molar-refractivity contribution is 8.03. The Labute approximate surface area is 196 Å². The summed E-state index contributed by atoms with van der Waals surface area (Å²) >= 11 is 1.69. The van der Waals surface area contributed by atoms with Crippen LogP contribution in [-0.2, 0) is 0 Å². The SMILES string of the molecule is C=CC(O)C1(F)CC2=C(C(/C=C\CC(C)F)=N/C)CN=C(C(S/C=C\C)C(C)CC)N2C1. The minimum absolute atomic E-state index is 0.0173. The maximum atomic E-state index is 15.9. The van der Waals surface area contributed by atoms with Gasteiger partial charge in [0.05, 0.1) is 24.1 Å². The number of alkyl halides is 2. The number of fused-ring (bicyclic) bond motifs is 1. The zero-order valence-corrected chi connectivity index (χ0v) is 20.7. The summed E-state index contributed by atoms with van der Waals surface area (Å²) in [6.45, 7) is 11.8. The van der Waals surface area contributed by atoms with Crippen LogP contribution in [0.15, 0.2) is 57.5 Å². The number of aliphatic imine (C=N–C) groups is 2. The molecule has 2 aliphatic heterocycles. The van der Waals surface area contributed by atoms with Gasteiger partial charge in [-0.05, 0) is 37.7 Å². The van der Waals surface area contributed by atoms with Crippen molar-refractivity contribution in [2.45, 2.75) is 70.2 Å². The van der Waals surface area contributed by atoms with Gasteiger partial charge in [-0.25, -0.2) is 8.78 Å². The summed E-state index contributed by atoms with van der Waals surface area (Å²) in [7, 11) is 1.68.